The summed E-state index contributed by atoms with van der Waals surface area (Å²) in [5, 5.41) is 15.9. The van der Waals surface area contributed by atoms with Gasteiger partial charge in [-0.15, -0.1) is 0 Å². The summed E-state index contributed by atoms with van der Waals surface area (Å²) in [5.41, 5.74) is 0.774. The van der Waals surface area contributed by atoms with Crippen LogP contribution in [0.3, 0.4) is 0 Å². The van der Waals surface area contributed by atoms with Gasteiger partial charge < -0.3 is 29.4 Å². The number of aromatic nitrogens is 3. The van der Waals surface area contributed by atoms with E-state index >= 15 is 0 Å². The summed E-state index contributed by atoms with van der Waals surface area (Å²) in [6.45, 7) is 6.24. The molecule has 3 N–H and O–H groups in total. The van der Waals surface area contributed by atoms with Crippen molar-refractivity contribution in [3.05, 3.63) is 82.7 Å². The van der Waals surface area contributed by atoms with Gasteiger partial charge in [0, 0.05) is 25.6 Å². The molecular formula is C30H35N7O8S. The second-order valence-electron chi connectivity index (χ2n) is 11.4. The number of hydrogen-bond donors (Lipinski definition) is 3. The number of nitrogens with one attached hydrogen (secondary N) is 3. The van der Waals surface area contributed by atoms with Crippen molar-refractivity contribution >= 4 is 27.7 Å². The van der Waals surface area contributed by atoms with Gasteiger partial charge in [0.25, 0.3) is 11.8 Å². The van der Waals surface area contributed by atoms with Crippen LogP contribution < -0.4 is 16.0 Å². The smallest absolute Gasteiger partial charge is 0.274 e. The quantitative estimate of drug-likeness (QED) is 0.276. The molecule has 1 aliphatic heterocycles. The van der Waals surface area contributed by atoms with E-state index in [0.717, 1.165) is 9.87 Å². The van der Waals surface area contributed by atoms with E-state index in [9.17, 15) is 22.8 Å². The maximum Gasteiger partial charge on any atom is 0.274 e. The predicted octanol–water partition coefficient (Wildman–Crippen LogP) is 2.45. The Morgan fingerprint density at radius 1 is 0.978 bits per heavy atom. The highest BCUT2D eigenvalue weighted by molar-refractivity contribution is 7.89. The molecule has 0 unspecified atom stereocenters. The van der Waals surface area contributed by atoms with Gasteiger partial charge in [-0.3, -0.25) is 14.4 Å². The van der Waals surface area contributed by atoms with Crippen LogP contribution in [0.2, 0.25) is 0 Å². The largest absolute Gasteiger partial charge is 0.446 e. The third-order valence-corrected chi connectivity index (χ3v) is 9.41. The lowest BCUT2D eigenvalue weighted by Crippen LogP contribution is -2.49. The van der Waals surface area contributed by atoms with Crippen LogP contribution in [0.4, 0.5) is 0 Å². The molecule has 2 atom stereocenters. The van der Waals surface area contributed by atoms with E-state index in [-0.39, 0.29) is 71.4 Å². The van der Waals surface area contributed by atoms with E-state index in [1.807, 2.05) is 44.2 Å². The van der Waals surface area contributed by atoms with Crippen molar-refractivity contribution in [3.8, 4) is 0 Å². The highest BCUT2D eigenvalue weighted by Gasteiger charge is 2.33. The minimum atomic E-state index is -4.22. The number of nitrogens with zero attached hydrogens (tertiary/aromatic N) is 4. The first-order valence-corrected chi connectivity index (χ1v) is 16.1. The van der Waals surface area contributed by atoms with E-state index < -0.39 is 39.8 Å². The van der Waals surface area contributed by atoms with Gasteiger partial charge >= 0.3 is 0 Å². The summed E-state index contributed by atoms with van der Waals surface area (Å²) in [6, 6.07) is 8.68. The minimum absolute atomic E-state index is 0.0783. The number of fused-ring (bicyclic) bond motifs is 4. The maximum absolute atomic E-state index is 13.8. The molecule has 0 saturated carbocycles. The van der Waals surface area contributed by atoms with Crippen LogP contribution in [-0.4, -0.2) is 64.9 Å². The van der Waals surface area contributed by atoms with E-state index in [4.69, 9.17) is 13.5 Å². The van der Waals surface area contributed by atoms with Crippen molar-refractivity contribution in [2.45, 2.75) is 64.1 Å². The number of carbonyl (C=O) groups excluding carboxylic acids is 3. The Labute approximate surface area is 265 Å². The van der Waals surface area contributed by atoms with E-state index in [2.05, 4.69) is 31.2 Å². The number of carbonyl (C=O) groups is 3. The van der Waals surface area contributed by atoms with Gasteiger partial charge in [0.15, 0.2) is 22.9 Å². The van der Waals surface area contributed by atoms with E-state index in [0.29, 0.717) is 6.42 Å². The standard InChI is InChI=1S/C30H35N7O8S/c1-17(2)12-24-30-34-25(16-43-30)29(40)32-22(13-20-8-6-5-7-9-20)27(38)31-10-11-37(15-21-14-23(36-45-21)28(39)33-24)46(41,42)26-18(3)35-44-19(26)4/h5-9,14,16-17,22,24H,10-13,15H2,1-4H3,(H,31,38)(H,32,40)(H,33,39)/t22-,24+/m0/s1. The fourth-order valence-corrected chi connectivity index (χ4v) is 6.82. The van der Waals surface area contributed by atoms with Crippen molar-refractivity contribution in [1.29, 1.82) is 0 Å². The first-order chi connectivity index (χ1) is 21.9. The molecule has 4 bridgehead atoms. The molecular weight excluding hydrogens is 618 g/mol. The summed E-state index contributed by atoms with van der Waals surface area (Å²) < 4.78 is 44.8. The second-order valence-corrected chi connectivity index (χ2v) is 13.3. The molecule has 244 valence electrons. The Bertz CT molecular complexity index is 1790. The molecule has 4 heterocycles. The average molecular weight is 654 g/mol. The van der Waals surface area contributed by atoms with Gasteiger partial charge in [-0.1, -0.05) is 54.5 Å². The van der Waals surface area contributed by atoms with Gasteiger partial charge in [-0.2, -0.15) is 4.31 Å². The fourth-order valence-electron chi connectivity index (χ4n) is 5.12. The van der Waals surface area contributed by atoms with Gasteiger partial charge in [-0.25, -0.2) is 13.4 Å². The van der Waals surface area contributed by atoms with Gasteiger partial charge in [-0.05, 0) is 31.7 Å². The average Bonchev–Trinajstić information content (AvgIpc) is 3.76. The Hall–Kier alpha value is -4.83. The SMILES string of the molecule is Cc1noc(C)c1S(=O)(=O)N1CCNC(=O)[C@H](Cc2ccccc2)NC(=O)c2coc(n2)[C@@H](CC(C)C)NC(=O)c2cc(on2)C1. The Balaban J connectivity index is 1.51. The van der Waals surface area contributed by atoms with E-state index in [1.54, 1.807) is 0 Å². The normalized spacial score (nSPS) is 18.8. The predicted molar refractivity (Wildman–Crippen MR) is 161 cm³/mol. The molecule has 15 nitrogen and oxygen atoms in total. The lowest BCUT2D eigenvalue weighted by atomic mass is 10.0. The van der Waals surface area contributed by atoms with Crippen molar-refractivity contribution in [3.63, 3.8) is 0 Å². The summed E-state index contributed by atoms with van der Waals surface area (Å²) >= 11 is 0. The number of sulfonamides is 1. The van der Waals surface area contributed by atoms with Crippen LogP contribution in [0.25, 0.3) is 0 Å². The van der Waals surface area contributed by atoms with Gasteiger partial charge in [0.1, 0.15) is 28.9 Å². The molecule has 5 rings (SSSR count). The van der Waals surface area contributed by atoms with Crippen molar-refractivity contribution in [1.82, 2.24) is 35.6 Å². The third-order valence-electron chi connectivity index (χ3n) is 7.32. The molecule has 1 aromatic carbocycles. The molecule has 0 fully saturated rings. The molecule has 1 aliphatic rings. The van der Waals surface area contributed by atoms with Gasteiger partial charge in [0.2, 0.25) is 21.8 Å². The monoisotopic (exact) mass is 653 g/mol. The van der Waals surface area contributed by atoms with Crippen LogP contribution in [0.1, 0.15) is 76.0 Å². The first-order valence-electron chi connectivity index (χ1n) is 14.7. The van der Waals surface area contributed by atoms with Crippen molar-refractivity contribution in [2.24, 2.45) is 5.92 Å². The summed E-state index contributed by atoms with van der Waals surface area (Å²) in [5.74, 6) is -1.44. The number of benzene rings is 1. The zero-order valence-corrected chi connectivity index (χ0v) is 26.6. The third kappa shape index (κ3) is 7.34. The van der Waals surface area contributed by atoms with E-state index in [1.165, 1.54) is 26.2 Å². The second kappa shape index (κ2) is 13.7. The molecule has 46 heavy (non-hydrogen) atoms. The molecule has 0 spiro atoms. The lowest BCUT2D eigenvalue weighted by molar-refractivity contribution is -0.123. The molecule has 16 heteroatoms. The summed E-state index contributed by atoms with van der Waals surface area (Å²) in [7, 11) is -4.22. The van der Waals surface area contributed by atoms with Crippen LogP contribution in [0.15, 0.2) is 61.0 Å². The zero-order valence-electron chi connectivity index (χ0n) is 25.8. The van der Waals surface area contributed by atoms with Crippen molar-refractivity contribution < 1.29 is 36.3 Å². The Morgan fingerprint density at radius 2 is 1.70 bits per heavy atom. The van der Waals surface area contributed by atoms with Crippen LogP contribution >= 0.6 is 0 Å². The lowest BCUT2D eigenvalue weighted by Gasteiger charge is -2.22. The number of oxazole rings is 1. The van der Waals surface area contributed by atoms with Crippen LogP contribution in [0, 0.1) is 19.8 Å². The first kappa shape index (κ1) is 32.6. The molecule has 0 radical (unpaired) electrons. The Kier molecular flexibility index (Phi) is 9.67. The van der Waals surface area contributed by atoms with Crippen molar-refractivity contribution in [2.75, 3.05) is 13.1 Å². The topological polar surface area (TPSA) is 203 Å². The fraction of sp³-hybridized carbons (Fsp3) is 0.400. The van der Waals surface area contributed by atoms with Gasteiger partial charge in [0.05, 0.1) is 6.54 Å². The number of amides is 3. The summed E-state index contributed by atoms with van der Waals surface area (Å²) in [6.07, 6.45) is 1.74. The molecule has 4 aromatic rings. The summed E-state index contributed by atoms with van der Waals surface area (Å²) in [4.78, 5) is 44.2. The zero-order chi connectivity index (χ0) is 33.0. The number of rotatable bonds is 6. The molecule has 3 aromatic heterocycles. The van der Waals surface area contributed by atoms with Crippen LogP contribution in [0.5, 0.6) is 0 Å². The molecule has 0 saturated heterocycles. The molecule has 3 amide bonds. The Morgan fingerprint density at radius 3 is 2.39 bits per heavy atom. The number of hydrogen-bond acceptors (Lipinski definition) is 11. The number of aryl methyl sites for hydroxylation is 2. The van der Waals surface area contributed by atoms with Crippen LogP contribution in [-0.2, 0) is 27.8 Å². The minimum Gasteiger partial charge on any atom is -0.446 e. The highest BCUT2D eigenvalue weighted by Crippen LogP contribution is 2.26. The highest BCUT2D eigenvalue weighted by atomic mass is 32.2. The maximum atomic E-state index is 13.8. The molecule has 0 aliphatic carbocycles.